The van der Waals surface area contributed by atoms with E-state index < -0.39 is 48.9 Å². The minimum Gasteiger partial charge on any atom is -0.493 e. The predicted molar refractivity (Wildman–Crippen MR) is 179 cm³/mol. The number of benzene rings is 3. The van der Waals surface area contributed by atoms with Gasteiger partial charge in [-0.15, -0.1) is 0 Å². The Balaban J connectivity index is 1.63. The Morgan fingerprint density at radius 1 is 0.959 bits per heavy atom. The van der Waals surface area contributed by atoms with E-state index in [2.05, 4.69) is 10.6 Å². The number of esters is 1. The van der Waals surface area contributed by atoms with Gasteiger partial charge in [0.2, 0.25) is 5.91 Å². The lowest BCUT2D eigenvalue weighted by Gasteiger charge is -2.25. The molecule has 3 rings (SSSR count). The van der Waals surface area contributed by atoms with Gasteiger partial charge in [0.1, 0.15) is 24.0 Å². The number of amides is 2. The largest absolute Gasteiger partial charge is 0.493 e. The van der Waals surface area contributed by atoms with Gasteiger partial charge in [-0.2, -0.15) is 8.78 Å². The third-order valence-corrected chi connectivity index (χ3v) is 9.18. The van der Waals surface area contributed by atoms with Crippen LogP contribution in [0.2, 0.25) is 0 Å². The van der Waals surface area contributed by atoms with Gasteiger partial charge in [-0.1, -0.05) is 73.7 Å². The van der Waals surface area contributed by atoms with Crippen LogP contribution in [0.3, 0.4) is 0 Å². The van der Waals surface area contributed by atoms with Crippen molar-refractivity contribution in [3.05, 3.63) is 101 Å². The van der Waals surface area contributed by atoms with E-state index in [9.17, 15) is 32.6 Å². The summed E-state index contributed by atoms with van der Waals surface area (Å²) in [6.45, 7) is 5.29. The van der Waals surface area contributed by atoms with Crippen LogP contribution in [0.1, 0.15) is 65.7 Å². The van der Waals surface area contributed by atoms with Crippen LogP contribution in [0, 0.1) is 6.92 Å². The topological polar surface area (TPSA) is 149 Å². The summed E-state index contributed by atoms with van der Waals surface area (Å²) in [5.74, 6) is -0.656. The van der Waals surface area contributed by atoms with Crippen molar-refractivity contribution in [3.8, 4) is 5.75 Å². The first-order valence-corrected chi connectivity index (χ1v) is 17.4. The number of carbonyl (C=O) groups excluding carboxylic acids is 3. The normalized spacial score (nSPS) is 13.8. The monoisotopic (exact) mass is 704 g/mol. The fourth-order valence-corrected chi connectivity index (χ4v) is 5.85. The van der Waals surface area contributed by atoms with Crippen LogP contribution in [-0.2, 0) is 42.0 Å². The molecule has 0 spiro atoms. The van der Waals surface area contributed by atoms with Crippen molar-refractivity contribution < 1.29 is 51.4 Å². The Bertz CT molecular complexity index is 1590. The van der Waals surface area contributed by atoms with Gasteiger partial charge in [-0.05, 0) is 55.9 Å². The number of nitrogens with one attached hydrogen (secondary N) is 2. The molecule has 0 heterocycles. The zero-order valence-electron chi connectivity index (χ0n) is 27.9. The first kappa shape index (κ1) is 39.1. The number of methoxy groups -OCH3 is 1. The molecule has 0 aliphatic rings. The summed E-state index contributed by atoms with van der Waals surface area (Å²) in [5.41, 5.74) is -2.72. The van der Waals surface area contributed by atoms with Crippen molar-refractivity contribution >= 4 is 25.6 Å². The second-order valence-corrected chi connectivity index (χ2v) is 13.1. The van der Waals surface area contributed by atoms with Gasteiger partial charge in [0.05, 0.1) is 19.8 Å². The van der Waals surface area contributed by atoms with Gasteiger partial charge in [0, 0.05) is 18.5 Å². The van der Waals surface area contributed by atoms with Crippen molar-refractivity contribution in [3.63, 3.8) is 0 Å². The predicted octanol–water partition coefficient (Wildman–Crippen LogP) is 6.64. The number of halogens is 2. The molecular weight excluding hydrogens is 661 g/mol. The summed E-state index contributed by atoms with van der Waals surface area (Å²) in [5, 5.41) is 5.30. The van der Waals surface area contributed by atoms with Gasteiger partial charge < -0.3 is 34.3 Å². The highest BCUT2D eigenvalue weighted by atomic mass is 31.2. The van der Waals surface area contributed by atoms with Gasteiger partial charge in [0.25, 0.3) is 0 Å². The highest BCUT2D eigenvalue weighted by Gasteiger charge is 2.53. The van der Waals surface area contributed by atoms with Gasteiger partial charge in [0.15, 0.2) is 0 Å². The molecule has 3 unspecified atom stereocenters. The molecule has 3 atom stereocenters. The van der Waals surface area contributed by atoms with Gasteiger partial charge in [-0.25, -0.2) is 9.59 Å². The number of aryl methyl sites for hydroxylation is 1. The number of alkyl halides is 2. The first-order chi connectivity index (χ1) is 23.3. The standard InChI is InChI=1S/C35H43F2N2O9P/c1-5-25(3)48-49(43,44)35(36,37)28-18-16-26(17-19-28)22-29(39-34(42)47-23-27-13-7-6-8-14-27)32(40)38-20-9-10-21-46-30-15-11-12-24(2)31(30)33(41)45-4/h6-8,11-19,25,29H,5,9-10,20-23H2,1-4H3,(H,38,40)(H,39,42)(H,43,44). The van der Waals surface area contributed by atoms with E-state index in [4.69, 9.17) is 18.7 Å². The van der Waals surface area contributed by atoms with E-state index in [1.807, 2.05) is 6.07 Å². The summed E-state index contributed by atoms with van der Waals surface area (Å²) in [6, 6.07) is 17.6. The molecule has 2 amide bonds. The van der Waals surface area contributed by atoms with Gasteiger partial charge >= 0.3 is 25.3 Å². The zero-order chi connectivity index (χ0) is 36.0. The molecule has 266 valence electrons. The molecule has 14 heteroatoms. The van der Waals surface area contributed by atoms with Crippen molar-refractivity contribution in [1.82, 2.24) is 10.6 Å². The first-order valence-electron chi connectivity index (χ1n) is 15.8. The van der Waals surface area contributed by atoms with Gasteiger partial charge in [-0.3, -0.25) is 9.36 Å². The van der Waals surface area contributed by atoms with Crippen molar-refractivity contribution in [2.45, 2.75) is 70.9 Å². The lowest BCUT2D eigenvalue weighted by molar-refractivity contribution is -0.123. The molecule has 3 aromatic rings. The Labute approximate surface area is 284 Å². The molecule has 0 bridgehead atoms. The van der Waals surface area contributed by atoms with Crippen LogP contribution >= 0.6 is 7.60 Å². The summed E-state index contributed by atoms with van der Waals surface area (Å²) in [6.07, 6.45) is -0.512. The molecule has 0 fully saturated rings. The van der Waals surface area contributed by atoms with E-state index in [1.54, 1.807) is 56.3 Å². The fraction of sp³-hybridized carbons (Fsp3) is 0.400. The summed E-state index contributed by atoms with van der Waals surface area (Å²) < 4.78 is 63.0. The quantitative estimate of drug-likeness (QED) is 0.0752. The maximum atomic E-state index is 15.0. The molecule has 49 heavy (non-hydrogen) atoms. The molecule has 0 aliphatic carbocycles. The molecule has 11 nitrogen and oxygen atoms in total. The Morgan fingerprint density at radius 3 is 2.31 bits per heavy atom. The van der Waals surface area contributed by atoms with Crippen LogP contribution in [-0.4, -0.2) is 55.3 Å². The Morgan fingerprint density at radius 2 is 1.65 bits per heavy atom. The van der Waals surface area contributed by atoms with Crippen LogP contribution in [0.5, 0.6) is 5.75 Å². The number of ether oxygens (including phenoxy) is 3. The second-order valence-electron chi connectivity index (χ2n) is 11.3. The molecular formula is C35H43F2N2O9P. The minimum absolute atomic E-state index is 0.0383. The third-order valence-electron chi connectivity index (χ3n) is 7.57. The van der Waals surface area contributed by atoms with E-state index in [-0.39, 0.29) is 32.6 Å². The lowest BCUT2D eigenvalue weighted by atomic mass is 10.0. The van der Waals surface area contributed by atoms with Crippen LogP contribution < -0.4 is 15.4 Å². The highest BCUT2D eigenvalue weighted by Crippen LogP contribution is 2.63. The van der Waals surface area contributed by atoms with Crippen molar-refractivity contribution in [2.75, 3.05) is 20.3 Å². The maximum Gasteiger partial charge on any atom is 0.408 e. The van der Waals surface area contributed by atoms with Crippen LogP contribution in [0.4, 0.5) is 13.6 Å². The highest BCUT2D eigenvalue weighted by molar-refractivity contribution is 7.53. The summed E-state index contributed by atoms with van der Waals surface area (Å²) in [4.78, 5) is 48.0. The molecule has 0 saturated heterocycles. The van der Waals surface area contributed by atoms with Crippen molar-refractivity contribution in [2.24, 2.45) is 0 Å². The molecule has 3 N–H and O–H groups in total. The summed E-state index contributed by atoms with van der Waals surface area (Å²) >= 11 is 0. The second kappa shape index (κ2) is 18.4. The van der Waals surface area contributed by atoms with E-state index in [0.717, 1.165) is 17.7 Å². The number of hydrogen-bond donors (Lipinski definition) is 3. The Hall–Kier alpha value is -4.32. The minimum atomic E-state index is -5.35. The van der Waals surface area contributed by atoms with Crippen LogP contribution in [0.25, 0.3) is 0 Å². The number of alkyl carbamates (subject to hydrolysis) is 1. The zero-order valence-corrected chi connectivity index (χ0v) is 28.8. The summed E-state index contributed by atoms with van der Waals surface area (Å²) in [7, 11) is -4.06. The average molecular weight is 705 g/mol. The van der Waals surface area contributed by atoms with E-state index in [1.165, 1.54) is 26.2 Å². The number of carbonyl (C=O) groups is 3. The SMILES string of the molecule is CCC(C)OP(=O)(O)C(F)(F)c1ccc(CC(NC(=O)OCc2ccccc2)C(=O)NCCCCOc2cccc(C)c2C(=O)OC)cc1. The Kier molecular flexibility index (Phi) is 14.7. The van der Waals surface area contributed by atoms with E-state index in [0.29, 0.717) is 35.3 Å². The number of unbranched alkanes of at least 4 members (excludes halogenated alkanes) is 1. The van der Waals surface area contributed by atoms with E-state index >= 15 is 0 Å². The molecule has 0 saturated carbocycles. The molecule has 3 aromatic carbocycles. The fourth-order valence-electron chi connectivity index (χ4n) is 4.61. The lowest BCUT2D eigenvalue weighted by Crippen LogP contribution is -2.48. The third kappa shape index (κ3) is 11.4. The van der Waals surface area contributed by atoms with Crippen molar-refractivity contribution in [1.29, 1.82) is 0 Å². The molecule has 0 aromatic heterocycles. The maximum absolute atomic E-state index is 15.0. The number of hydrogen-bond acceptors (Lipinski definition) is 8. The van der Waals surface area contributed by atoms with Crippen LogP contribution in [0.15, 0.2) is 72.8 Å². The number of rotatable bonds is 18. The average Bonchev–Trinajstić information content (AvgIpc) is 3.08. The molecule has 0 aliphatic heterocycles. The smallest absolute Gasteiger partial charge is 0.408 e. The molecule has 0 radical (unpaired) electrons.